The first-order valence-electron chi connectivity index (χ1n) is 7.35. The number of nitrogens with one attached hydrogen (secondary N) is 2. The van der Waals surface area contributed by atoms with Gasteiger partial charge in [-0.2, -0.15) is 0 Å². The summed E-state index contributed by atoms with van der Waals surface area (Å²) in [6.45, 7) is 4.76. The van der Waals surface area contributed by atoms with E-state index in [0.29, 0.717) is 5.89 Å². The van der Waals surface area contributed by atoms with Gasteiger partial charge in [-0.1, -0.05) is 17.7 Å². The van der Waals surface area contributed by atoms with Crippen molar-refractivity contribution in [3.05, 3.63) is 41.8 Å². The molecule has 0 spiro atoms. The van der Waals surface area contributed by atoms with Crippen molar-refractivity contribution < 1.29 is 4.42 Å². The van der Waals surface area contributed by atoms with Gasteiger partial charge in [-0.3, -0.25) is 4.99 Å². The van der Waals surface area contributed by atoms with E-state index < -0.39 is 0 Å². The predicted octanol–water partition coefficient (Wildman–Crippen LogP) is 2.13. The lowest BCUT2D eigenvalue weighted by atomic mass is 10.1. The van der Waals surface area contributed by atoms with Crippen LogP contribution in [0.4, 0.5) is 0 Å². The summed E-state index contributed by atoms with van der Waals surface area (Å²) in [4.78, 5) is 8.90. The summed E-state index contributed by atoms with van der Waals surface area (Å²) in [5, 5.41) is 6.52. The number of oxazole rings is 1. The SMILES string of the molecule is Cc1ccc(-c2nc(CCNC3=NCCCN3)co2)cc1. The molecule has 1 aliphatic heterocycles. The van der Waals surface area contributed by atoms with E-state index in [0.717, 1.165) is 49.7 Å². The molecule has 3 rings (SSSR count). The highest BCUT2D eigenvalue weighted by molar-refractivity contribution is 5.80. The Hall–Kier alpha value is -2.30. The standard InChI is InChI=1S/C16H20N4O/c1-12-3-5-13(6-4-12)15-20-14(11-21-15)7-10-19-16-17-8-2-9-18-16/h3-6,11H,2,7-10H2,1H3,(H2,17,18,19). The Morgan fingerprint density at radius 3 is 2.90 bits per heavy atom. The smallest absolute Gasteiger partial charge is 0.226 e. The molecule has 2 N–H and O–H groups in total. The molecule has 0 atom stereocenters. The molecule has 0 radical (unpaired) electrons. The summed E-state index contributed by atoms with van der Waals surface area (Å²) >= 11 is 0. The number of nitrogens with zero attached hydrogens (tertiary/aromatic N) is 2. The van der Waals surface area contributed by atoms with Crippen molar-refractivity contribution in [3.63, 3.8) is 0 Å². The molecule has 0 saturated heterocycles. The van der Waals surface area contributed by atoms with E-state index in [4.69, 9.17) is 4.42 Å². The first-order chi connectivity index (χ1) is 10.3. The minimum Gasteiger partial charge on any atom is -0.444 e. The van der Waals surface area contributed by atoms with E-state index >= 15 is 0 Å². The van der Waals surface area contributed by atoms with Gasteiger partial charge >= 0.3 is 0 Å². The van der Waals surface area contributed by atoms with Gasteiger partial charge in [0.25, 0.3) is 0 Å². The van der Waals surface area contributed by atoms with Crippen molar-refractivity contribution in [2.75, 3.05) is 19.6 Å². The topological polar surface area (TPSA) is 62.5 Å². The molecule has 0 bridgehead atoms. The van der Waals surface area contributed by atoms with Gasteiger partial charge in [0.15, 0.2) is 5.96 Å². The van der Waals surface area contributed by atoms with Crippen molar-refractivity contribution in [2.24, 2.45) is 4.99 Å². The van der Waals surface area contributed by atoms with Crippen LogP contribution in [-0.4, -0.2) is 30.6 Å². The molecule has 21 heavy (non-hydrogen) atoms. The van der Waals surface area contributed by atoms with Gasteiger partial charge in [0, 0.05) is 31.6 Å². The fraction of sp³-hybridized carbons (Fsp3) is 0.375. The van der Waals surface area contributed by atoms with Crippen LogP contribution in [0.25, 0.3) is 11.5 Å². The van der Waals surface area contributed by atoms with E-state index in [2.05, 4.69) is 39.7 Å². The molecule has 2 aromatic rings. The van der Waals surface area contributed by atoms with Gasteiger partial charge < -0.3 is 15.1 Å². The van der Waals surface area contributed by atoms with Crippen molar-refractivity contribution in [1.82, 2.24) is 15.6 Å². The van der Waals surface area contributed by atoms with Crippen LogP contribution in [-0.2, 0) is 6.42 Å². The fourth-order valence-corrected chi connectivity index (χ4v) is 2.21. The summed E-state index contributed by atoms with van der Waals surface area (Å²) in [6, 6.07) is 8.19. The molecule has 110 valence electrons. The maximum atomic E-state index is 5.55. The van der Waals surface area contributed by atoms with Crippen LogP contribution >= 0.6 is 0 Å². The largest absolute Gasteiger partial charge is 0.444 e. The Morgan fingerprint density at radius 1 is 1.29 bits per heavy atom. The minimum atomic E-state index is 0.679. The first kappa shape index (κ1) is 13.7. The number of benzene rings is 1. The Kier molecular flexibility index (Phi) is 4.19. The molecular formula is C16H20N4O. The molecule has 1 aliphatic rings. The zero-order valence-corrected chi connectivity index (χ0v) is 12.2. The second-order valence-corrected chi connectivity index (χ2v) is 5.20. The molecule has 0 unspecified atom stereocenters. The zero-order chi connectivity index (χ0) is 14.5. The van der Waals surface area contributed by atoms with Gasteiger partial charge in [-0.25, -0.2) is 4.98 Å². The Bertz CT molecular complexity index is 615. The van der Waals surface area contributed by atoms with Gasteiger partial charge in [0.1, 0.15) is 6.26 Å². The average molecular weight is 284 g/mol. The van der Waals surface area contributed by atoms with Gasteiger partial charge in [-0.15, -0.1) is 0 Å². The molecule has 5 nitrogen and oxygen atoms in total. The fourth-order valence-electron chi connectivity index (χ4n) is 2.21. The second-order valence-electron chi connectivity index (χ2n) is 5.20. The monoisotopic (exact) mass is 284 g/mol. The maximum Gasteiger partial charge on any atom is 0.226 e. The Labute approximate surface area is 124 Å². The van der Waals surface area contributed by atoms with Crippen LogP contribution in [0, 0.1) is 6.92 Å². The number of hydrogen-bond donors (Lipinski definition) is 2. The molecule has 5 heteroatoms. The molecule has 1 aromatic carbocycles. The molecule has 0 saturated carbocycles. The van der Waals surface area contributed by atoms with Crippen LogP contribution in [0.2, 0.25) is 0 Å². The molecule has 0 amide bonds. The van der Waals surface area contributed by atoms with Gasteiger partial charge in [0.2, 0.25) is 5.89 Å². The third-order valence-electron chi connectivity index (χ3n) is 3.42. The summed E-state index contributed by atoms with van der Waals surface area (Å²) in [7, 11) is 0. The zero-order valence-electron chi connectivity index (χ0n) is 12.2. The van der Waals surface area contributed by atoms with E-state index in [1.807, 2.05) is 12.1 Å². The quantitative estimate of drug-likeness (QED) is 0.903. The normalized spacial score (nSPS) is 14.4. The molecule has 2 heterocycles. The van der Waals surface area contributed by atoms with Crippen molar-refractivity contribution in [1.29, 1.82) is 0 Å². The third kappa shape index (κ3) is 3.62. The summed E-state index contributed by atoms with van der Waals surface area (Å²) in [5.41, 5.74) is 3.20. The summed E-state index contributed by atoms with van der Waals surface area (Å²) in [5.74, 6) is 1.57. The minimum absolute atomic E-state index is 0.679. The highest BCUT2D eigenvalue weighted by atomic mass is 16.3. The first-order valence-corrected chi connectivity index (χ1v) is 7.35. The lowest BCUT2D eigenvalue weighted by molar-refractivity contribution is 0.572. The predicted molar refractivity (Wildman–Crippen MR) is 83.3 cm³/mol. The number of hydrogen-bond acceptors (Lipinski definition) is 5. The van der Waals surface area contributed by atoms with Crippen LogP contribution in [0.1, 0.15) is 17.7 Å². The van der Waals surface area contributed by atoms with E-state index in [1.54, 1.807) is 6.26 Å². The number of guanidine groups is 1. The summed E-state index contributed by atoms with van der Waals surface area (Å²) < 4.78 is 5.55. The highest BCUT2D eigenvalue weighted by Gasteiger charge is 2.07. The number of aromatic nitrogens is 1. The summed E-state index contributed by atoms with van der Waals surface area (Å²) in [6.07, 6.45) is 3.65. The van der Waals surface area contributed by atoms with Gasteiger partial charge in [-0.05, 0) is 25.5 Å². The van der Waals surface area contributed by atoms with E-state index in [1.165, 1.54) is 5.56 Å². The molecule has 1 aromatic heterocycles. The van der Waals surface area contributed by atoms with Crippen LogP contribution < -0.4 is 10.6 Å². The lowest BCUT2D eigenvalue weighted by Crippen LogP contribution is -2.41. The maximum absolute atomic E-state index is 5.55. The molecule has 0 fully saturated rings. The number of aryl methyl sites for hydroxylation is 1. The van der Waals surface area contributed by atoms with Crippen LogP contribution in [0.5, 0.6) is 0 Å². The van der Waals surface area contributed by atoms with Crippen LogP contribution in [0.3, 0.4) is 0 Å². The average Bonchev–Trinajstić information content (AvgIpc) is 2.98. The van der Waals surface area contributed by atoms with Crippen LogP contribution in [0.15, 0.2) is 39.9 Å². The second kappa shape index (κ2) is 6.43. The van der Waals surface area contributed by atoms with Crippen molar-refractivity contribution in [2.45, 2.75) is 19.8 Å². The lowest BCUT2D eigenvalue weighted by Gasteiger charge is -2.15. The highest BCUT2D eigenvalue weighted by Crippen LogP contribution is 2.19. The van der Waals surface area contributed by atoms with E-state index in [9.17, 15) is 0 Å². The van der Waals surface area contributed by atoms with Gasteiger partial charge in [0.05, 0.1) is 5.69 Å². The Morgan fingerprint density at radius 2 is 2.14 bits per heavy atom. The van der Waals surface area contributed by atoms with E-state index in [-0.39, 0.29) is 0 Å². The number of aliphatic imine (C=N–C) groups is 1. The van der Waals surface area contributed by atoms with Crippen molar-refractivity contribution >= 4 is 5.96 Å². The molecular weight excluding hydrogens is 264 g/mol. The van der Waals surface area contributed by atoms with Crippen molar-refractivity contribution in [3.8, 4) is 11.5 Å². The Balaban J connectivity index is 1.55. The number of rotatable bonds is 4. The molecule has 0 aliphatic carbocycles. The third-order valence-corrected chi connectivity index (χ3v) is 3.42.